The number of ether oxygens (including phenoxy) is 1. The standard InChI is InChI=1S/C17H24Br2N3O5P/c1-20-10-12(15-16(20)13(23)9-14(26-4)17(15)24)11-27-28(25,21(2)7-5-18)22(3)8-6-19/h9-10H,5-8,11H2,1-4H3. The predicted octanol–water partition coefficient (Wildman–Crippen LogP) is 3.21. The topological polar surface area (TPSA) is 81.1 Å². The lowest BCUT2D eigenvalue weighted by Gasteiger charge is -2.33. The molecule has 1 heterocycles. The molecule has 156 valence electrons. The second-order valence-electron chi connectivity index (χ2n) is 6.30. The molecule has 0 N–H and O–H groups in total. The van der Waals surface area contributed by atoms with Crippen LogP contribution in [0.2, 0.25) is 0 Å². The minimum Gasteiger partial charge on any atom is -0.492 e. The Kier molecular flexibility index (Phi) is 8.25. The number of rotatable bonds is 10. The Labute approximate surface area is 181 Å². The highest BCUT2D eigenvalue weighted by Gasteiger charge is 2.36. The van der Waals surface area contributed by atoms with Crippen LogP contribution in [0.3, 0.4) is 0 Å². The van der Waals surface area contributed by atoms with Gasteiger partial charge in [0.15, 0.2) is 5.76 Å². The Morgan fingerprint density at radius 1 is 1.14 bits per heavy atom. The van der Waals surface area contributed by atoms with Gasteiger partial charge in [-0.2, -0.15) is 0 Å². The molecule has 0 fully saturated rings. The van der Waals surface area contributed by atoms with Crippen molar-refractivity contribution in [2.75, 3.05) is 45.0 Å². The summed E-state index contributed by atoms with van der Waals surface area (Å²) in [4.78, 5) is 25.1. The number of methoxy groups -OCH3 is 1. The van der Waals surface area contributed by atoms with Crippen LogP contribution in [0.15, 0.2) is 18.0 Å². The van der Waals surface area contributed by atoms with Gasteiger partial charge < -0.3 is 13.8 Å². The van der Waals surface area contributed by atoms with Crippen molar-refractivity contribution in [1.82, 2.24) is 13.9 Å². The van der Waals surface area contributed by atoms with E-state index in [-0.39, 0.29) is 35.2 Å². The van der Waals surface area contributed by atoms with Crippen LogP contribution in [0.25, 0.3) is 0 Å². The Bertz CT molecular complexity index is 823. The minimum atomic E-state index is -3.33. The highest BCUT2D eigenvalue weighted by Crippen LogP contribution is 2.53. The third kappa shape index (κ3) is 4.52. The van der Waals surface area contributed by atoms with Gasteiger partial charge in [0.25, 0.3) is 0 Å². The van der Waals surface area contributed by atoms with Gasteiger partial charge in [-0.15, -0.1) is 0 Å². The van der Waals surface area contributed by atoms with Crippen LogP contribution >= 0.6 is 39.5 Å². The number of carbonyl (C=O) groups excluding carboxylic acids is 2. The van der Waals surface area contributed by atoms with E-state index in [0.29, 0.717) is 29.3 Å². The van der Waals surface area contributed by atoms with Gasteiger partial charge in [-0.3, -0.25) is 14.2 Å². The van der Waals surface area contributed by atoms with Gasteiger partial charge in [0.1, 0.15) is 5.69 Å². The summed E-state index contributed by atoms with van der Waals surface area (Å²) in [6.45, 7) is 0.964. The zero-order chi connectivity index (χ0) is 21.1. The minimum absolute atomic E-state index is 0.0130. The van der Waals surface area contributed by atoms with Crippen molar-refractivity contribution in [3.05, 3.63) is 34.9 Å². The van der Waals surface area contributed by atoms with Crippen LogP contribution in [-0.4, -0.2) is 70.4 Å². The van der Waals surface area contributed by atoms with Crippen molar-refractivity contribution in [3.8, 4) is 0 Å². The maximum absolute atomic E-state index is 13.6. The Morgan fingerprint density at radius 3 is 2.21 bits per heavy atom. The summed E-state index contributed by atoms with van der Waals surface area (Å²) < 4.78 is 29.5. The predicted molar refractivity (Wildman–Crippen MR) is 114 cm³/mol. The second kappa shape index (κ2) is 9.82. The van der Waals surface area contributed by atoms with Crippen LogP contribution in [-0.2, 0) is 27.5 Å². The fourth-order valence-corrected chi connectivity index (χ4v) is 6.53. The van der Waals surface area contributed by atoms with Crippen LogP contribution in [0.5, 0.6) is 0 Å². The molecule has 0 saturated carbocycles. The average Bonchev–Trinajstić information content (AvgIpc) is 3.00. The lowest BCUT2D eigenvalue weighted by molar-refractivity contribution is 0.0911. The lowest BCUT2D eigenvalue weighted by Crippen LogP contribution is -2.30. The number of halogens is 2. The van der Waals surface area contributed by atoms with Crippen molar-refractivity contribution in [2.45, 2.75) is 6.61 Å². The van der Waals surface area contributed by atoms with Crippen molar-refractivity contribution in [3.63, 3.8) is 0 Å². The van der Waals surface area contributed by atoms with Gasteiger partial charge in [0.2, 0.25) is 11.6 Å². The maximum Gasteiger partial charge on any atom is 0.345 e. The first kappa shape index (κ1) is 23.5. The average molecular weight is 541 g/mol. The number of alkyl halides is 2. The molecule has 0 saturated heterocycles. The van der Waals surface area contributed by atoms with E-state index in [9.17, 15) is 14.2 Å². The monoisotopic (exact) mass is 539 g/mol. The molecule has 0 spiro atoms. The van der Waals surface area contributed by atoms with Crippen molar-refractivity contribution >= 4 is 51.1 Å². The van der Waals surface area contributed by atoms with Gasteiger partial charge in [0.05, 0.1) is 19.3 Å². The fraction of sp³-hybridized carbons (Fsp3) is 0.529. The number of Topliss-reactive ketones (excluding diaryl/α,β-unsaturated/α-hetero) is 1. The fourth-order valence-electron chi connectivity index (χ4n) is 2.99. The van der Waals surface area contributed by atoms with Crippen LogP contribution in [0, 0.1) is 0 Å². The molecule has 1 aromatic heterocycles. The quantitative estimate of drug-likeness (QED) is 0.333. The van der Waals surface area contributed by atoms with Gasteiger partial charge >= 0.3 is 7.67 Å². The molecule has 8 nitrogen and oxygen atoms in total. The Hall–Kier alpha value is -0.770. The number of aryl methyl sites for hydroxylation is 1. The van der Waals surface area contributed by atoms with Gasteiger partial charge in [-0.25, -0.2) is 9.34 Å². The number of ketones is 2. The van der Waals surface area contributed by atoms with Crippen LogP contribution in [0.4, 0.5) is 0 Å². The van der Waals surface area contributed by atoms with Crippen LogP contribution < -0.4 is 0 Å². The number of fused-ring (bicyclic) bond motifs is 1. The van der Waals surface area contributed by atoms with Crippen molar-refractivity contribution < 1.29 is 23.4 Å². The second-order valence-corrected chi connectivity index (χ2v) is 10.5. The number of nitrogens with zero attached hydrogens (tertiary/aromatic N) is 3. The Morgan fingerprint density at radius 2 is 1.71 bits per heavy atom. The molecule has 11 heteroatoms. The third-order valence-corrected chi connectivity index (χ3v) is 7.79. The first-order valence-corrected chi connectivity index (χ1v) is 12.3. The van der Waals surface area contributed by atoms with E-state index in [1.54, 1.807) is 41.2 Å². The van der Waals surface area contributed by atoms with Crippen LogP contribution in [0.1, 0.15) is 26.4 Å². The number of aromatic nitrogens is 1. The number of carbonyl (C=O) groups is 2. The summed E-state index contributed by atoms with van der Waals surface area (Å²) in [5, 5.41) is 1.27. The largest absolute Gasteiger partial charge is 0.492 e. The van der Waals surface area contributed by atoms with Crippen molar-refractivity contribution in [2.24, 2.45) is 7.05 Å². The summed E-state index contributed by atoms with van der Waals surface area (Å²) in [6, 6.07) is 0. The zero-order valence-electron chi connectivity index (χ0n) is 16.3. The molecule has 1 aromatic rings. The normalized spacial score (nSPS) is 14.6. The molecule has 0 unspecified atom stereocenters. The summed E-state index contributed by atoms with van der Waals surface area (Å²) in [5.74, 6) is -0.703. The van der Waals surface area contributed by atoms with E-state index in [1.807, 2.05) is 0 Å². The molecule has 0 radical (unpaired) electrons. The highest BCUT2D eigenvalue weighted by molar-refractivity contribution is 9.09. The van der Waals surface area contributed by atoms with Gasteiger partial charge in [-0.05, 0) is 14.1 Å². The maximum atomic E-state index is 13.6. The molecule has 1 aliphatic rings. The molecule has 0 aliphatic heterocycles. The molecule has 0 aromatic carbocycles. The molecule has 0 amide bonds. The highest BCUT2D eigenvalue weighted by atomic mass is 79.9. The molecular formula is C17H24Br2N3O5P. The zero-order valence-corrected chi connectivity index (χ0v) is 20.3. The number of hydrogen-bond acceptors (Lipinski definition) is 5. The summed E-state index contributed by atoms with van der Waals surface area (Å²) in [7, 11) is 3.17. The summed E-state index contributed by atoms with van der Waals surface area (Å²) in [6.07, 6.45) is 2.85. The molecular weight excluding hydrogens is 517 g/mol. The van der Waals surface area contributed by atoms with E-state index in [1.165, 1.54) is 13.2 Å². The molecule has 0 bridgehead atoms. The first-order valence-electron chi connectivity index (χ1n) is 8.53. The smallest absolute Gasteiger partial charge is 0.345 e. The Balaban J connectivity index is 2.36. The number of hydrogen-bond donors (Lipinski definition) is 0. The summed E-state index contributed by atoms with van der Waals surface area (Å²) in [5.41, 5.74) is 1.02. The van der Waals surface area contributed by atoms with E-state index in [4.69, 9.17) is 9.26 Å². The molecule has 28 heavy (non-hydrogen) atoms. The summed E-state index contributed by atoms with van der Waals surface area (Å²) >= 11 is 6.71. The number of allylic oxidation sites excluding steroid dienone is 2. The van der Waals surface area contributed by atoms with Gasteiger partial charge in [0, 0.05) is 48.6 Å². The molecule has 1 aliphatic carbocycles. The lowest BCUT2D eigenvalue weighted by atomic mass is 9.97. The van der Waals surface area contributed by atoms with E-state index < -0.39 is 7.67 Å². The van der Waals surface area contributed by atoms with E-state index >= 15 is 0 Å². The van der Waals surface area contributed by atoms with E-state index in [0.717, 1.165) is 0 Å². The molecule has 2 rings (SSSR count). The SMILES string of the molecule is COC1=CC(=O)c2c(c(COP(=O)(N(C)CCBr)N(C)CCBr)cn2C)C1=O. The van der Waals surface area contributed by atoms with E-state index in [2.05, 4.69) is 31.9 Å². The first-order chi connectivity index (χ1) is 13.2. The van der Waals surface area contributed by atoms with Crippen molar-refractivity contribution in [1.29, 1.82) is 0 Å². The third-order valence-electron chi connectivity index (χ3n) is 4.49. The molecule has 0 atom stereocenters. The van der Waals surface area contributed by atoms with Gasteiger partial charge in [-0.1, -0.05) is 31.9 Å².